The Morgan fingerprint density at radius 3 is 2.80 bits per heavy atom. The van der Waals surface area contributed by atoms with Crippen LogP contribution in [-0.2, 0) is 0 Å². The molecule has 0 amide bonds. The van der Waals surface area contributed by atoms with E-state index in [9.17, 15) is 5.11 Å². The Hall–Kier alpha value is -0.560. The fourth-order valence-electron chi connectivity index (χ4n) is 0.716. The van der Waals surface area contributed by atoms with Crippen molar-refractivity contribution >= 4 is 0 Å². The van der Waals surface area contributed by atoms with Crippen LogP contribution in [0.4, 0.5) is 0 Å². The van der Waals surface area contributed by atoms with E-state index in [0.29, 0.717) is 0 Å². The van der Waals surface area contributed by atoms with Crippen molar-refractivity contribution in [3.05, 3.63) is 24.8 Å². The van der Waals surface area contributed by atoms with E-state index in [0.717, 1.165) is 19.3 Å². The Labute approximate surface area is 63.1 Å². The number of hydrogen-bond donors (Lipinski definition) is 1. The summed E-state index contributed by atoms with van der Waals surface area (Å²) in [7, 11) is 0. The predicted octanol–water partition coefficient (Wildman–Crippen LogP) is 2.28. The average Bonchev–Trinajstić information content (AvgIpc) is 1.97. The molecule has 0 heterocycles. The van der Waals surface area contributed by atoms with Crippen molar-refractivity contribution in [3.8, 4) is 0 Å². The summed E-state index contributed by atoms with van der Waals surface area (Å²) in [6.45, 7) is 5.63. The van der Waals surface area contributed by atoms with Gasteiger partial charge in [-0.1, -0.05) is 44.6 Å². The first kappa shape index (κ1) is 9.44. The molecular formula is C9H16O. The summed E-state index contributed by atoms with van der Waals surface area (Å²) >= 11 is 0. The van der Waals surface area contributed by atoms with E-state index in [1.165, 1.54) is 0 Å². The van der Waals surface area contributed by atoms with Crippen LogP contribution in [0.25, 0.3) is 0 Å². The molecular weight excluding hydrogens is 124 g/mol. The highest BCUT2D eigenvalue weighted by Gasteiger charge is 1.94. The molecule has 0 bridgehead atoms. The SMILES string of the molecule is C=CC=CC(O)CCCC. The lowest BCUT2D eigenvalue weighted by atomic mass is 10.1. The molecule has 0 aliphatic heterocycles. The van der Waals surface area contributed by atoms with Gasteiger partial charge >= 0.3 is 0 Å². The molecule has 1 atom stereocenters. The Morgan fingerprint density at radius 1 is 1.60 bits per heavy atom. The van der Waals surface area contributed by atoms with Crippen LogP contribution >= 0.6 is 0 Å². The topological polar surface area (TPSA) is 20.2 Å². The zero-order chi connectivity index (χ0) is 7.82. The van der Waals surface area contributed by atoms with Crippen LogP contribution in [0, 0.1) is 0 Å². The lowest BCUT2D eigenvalue weighted by Crippen LogP contribution is -2.00. The molecule has 0 aliphatic rings. The molecule has 0 rings (SSSR count). The largest absolute Gasteiger partial charge is 0.389 e. The second kappa shape index (κ2) is 6.56. The van der Waals surface area contributed by atoms with Gasteiger partial charge < -0.3 is 5.11 Å². The molecule has 0 aliphatic carbocycles. The van der Waals surface area contributed by atoms with Crippen molar-refractivity contribution in [1.29, 1.82) is 0 Å². The van der Waals surface area contributed by atoms with Gasteiger partial charge in [0.2, 0.25) is 0 Å². The quantitative estimate of drug-likeness (QED) is 0.581. The summed E-state index contributed by atoms with van der Waals surface area (Å²) in [5, 5.41) is 9.18. The van der Waals surface area contributed by atoms with E-state index >= 15 is 0 Å². The summed E-state index contributed by atoms with van der Waals surface area (Å²) in [6.07, 6.45) is 8.03. The number of aliphatic hydroxyl groups excluding tert-OH is 1. The summed E-state index contributed by atoms with van der Waals surface area (Å²) in [5.74, 6) is 0. The fourth-order valence-corrected chi connectivity index (χ4v) is 0.716. The molecule has 1 nitrogen and oxygen atoms in total. The summed E-state index contributed by atoms with van der Waals surface area (Å²) in [4.78, 5) is 0. The average molecular weight is 140 g/mol. The van der Waals surface area contributed by atoms with Gasteiger partial charge in [-0.15, -0.1) is 0 Å². The second-order valence-electron chi connectivity index (χ2n) is 2.33. The van der Waals surface area contributed by atoms with Gasteiger partial charge in [0, 0.05) is 0 Å². The van der Waals surface area contributed by atoms with E-state index in [4.69, 9.17) is 0 Å². The first-order valence-corrected chi connectivity index (χ1v) is 3.78. The van der Waals surface area contributed by atoms with Crippen molar-refractivity contribution in [2.75, 3.05) is 0 Å². The minimum atomic E-state index is -0.280. The molecule has 1 unspecified atom stereocenters. The molecule has 0 radical (unpaired) electrons. The highest BCUT2D eigenvalue weighted by molar-refractivity contribution is 5.00. The molecule has 0 spiro atoms. The fraction of sp³-hybridized carbons (Fsp3) is 0.556. The van der Waals surface area contributed by atoms with Gasteiger partial charge in [0.05, 0.1) is 6.10 Å². The molecule has 1 N–H and O–H groups in total. The lowest BCUT2D eigenvalue weighted by molar-refractivity contribution is 0.209. The zero-order valence-corrected chi connectivity index (χ0v) is 6.59. The third kappa shape index (κ3) is 5.57. The number of unbranched alkanes of at least 4 members (excludes halogenated alkanes) is 1. The van der Waals surface area contributed by atoms with Crippen molar-refractivity contribution in [2.45, 2.75) is 32.3 Å². The second-order valence-corrected chi connectivity index (χ2v) is 2.33. The minimum Gasteiger partial charge on any atom is -0.389 e. The van der Waals surface area contributed by atoms with Gasteiger partial charge in [0.25, 0.3) is 0 Å². The maximum atomic E-state index is 9.18. The standard InChI is InChI=1S/C9H16O/c1-3-5-7-9(10)8-6-4-2/h3,5,7,9-10H,1,4,6,8H2,2H3. The molecule has 10 heavy (non-hydrogen) atoms. The molecule has 0 aromatic carbocycles. The highest BCUT2D eigenvalue weighted by atomic mass is 16.3. The van der Waals surface area contributed by atoms with Crippen LogP contribution in [0.3, 0.4) is 0 Å². The number of allylic oxidation sites excluding steroid dienone is 2. The smallest absolute Gasteiger partial charge is 0.0723 e. The zero-order valence-electron chi connectivity index (χ0n) is 6.59. The molecule has 0 saturated carbocycles. The van der Waals surface area contributed by atoms with Crippen molar-refractivity contribution in [3.63, 3.8) is 0 Å². The van der Waals surface area contributed by atoms with Crippen LogP contribution < -0.4 is 0 Å². The normalized spacial score (nSPS) is 13.8. The first-order chi connectivity index (χ1) is 4.81. The van der Waals surface area contributed by atoms with Crippen LogP contribution in [0.5, 0.6) is 0 Å². The first-order valence-electron chi connectivity index (χ1n) is 3.78. The van der Waals surface area contributed by atoms with E-state index < -0.39 is 0 Å². The van der Waals surface area contributed by atoms with Gasteiger partial charge in [-0.3, -0.25) is 0 Å². The van der Waals surface area contributed by atoms with Crippen LogP contribution in [0.2, 0.25) is 0 Å². The molecule has 0 fully saturated rings. The molecule has 58 valence electrons. The van der Waals surface area contributed by atoms with Crippen LogP contribution in [0.15, 0.2) is 24.8 Å². The minimum absolute atomic E-state index is 0.280. The third-order valence-corrected chi connectivity index (χ3v) is 1.32. The number of hydrogen-bond acceptors (Lipinski definition) is 1. The van der Waals surface area contributed by atoms with Gasteiger partial charge in [-0.2, -0.15) is 0 Å². The molecule has 0 saturated heterocycles. The van der Waals surface area contributed by atoms with E-state index in [1.807, 2.05) is 0 Å². The van der Waals surface area contributed by atoms with Crippen LogP contribution in [-0.4, -0.2) is 11.2 Å². The Bertz CT molecular complexity index is 105. The number of aliphatic hydroxyl groups is 1. The van der Waals surface area contributed by atoms with Crippen molar-refractivity contribution < 1.29 is 5.11 Å². The maximum absolute atomic E-state index is 9.18. The van der Waals surface area contributed by atoms with E-state index in [1.54, 1.807) is 18.2 Å². The van der Waals surface area contributed by atoms with Gasteiger partial charge in [0.1, 0.15) is 0 Å². The van der Waals surface area contributed by atoms with Gasteiger partial charge in [0.15, 0.2) is 0 Å². The molecule has 1 heteroatoms. The Kier molecular flexibility index (Phi) is 6.19. The summed E-state index contributed by atoms with van der Waals surface area (Å²) in [6, 6.07) is 0. The highest BCUT2D eigenvalue weighted by Crippen LogP contribution is 2.00. The molecule has 0 aromatic heterocycles. The van der Waals surface area contributed by atoms with Gasteiger partial charge in [-0.25, -0.2) is 0 Å². The molecule has 0 aromatic rings. The third-order valence-electron chi connectivity index (χ3n) is 1.32. The van der Waals surface area contributed by atoms with Crippen molar-refractivity contribution in [2.24, 2.45) is 0 Å². The Balaban J connectivity index is 3.32. The maximum Gasteiger partial charge on any atom is 0.0723 e. The summed E-state index contributed by atoms with van der Waals surface area (Å²) in [5.41, 5.74) is 0. The van der Waals surface area contributed by atoms with Crippen molar-refractivity contribution in [1.82, 2.24) is 0 Å². The Morgan fingerprint density at radius 2 is 2.30 bits per heavy atom. The monoisotopic (exact) mass is 140 g/mol. The summed E-state index contributed by atoms with van der Waals surface area (Å²) < 4.78 is 0. The van der Waals surface area contributed by atoms with E-state index in [-0.39, 0.29) is 6.10 Å². The predicted molar refractivity (Wildman–Crippen MR) is 44.9 cm³/mol. The van der Waals surface area contributed by atoms with Crippen LogP contribution in [0.1, 0.15) is 26.2 Å². The number of rotatable bonds is 5. The van der Waals surface area contributed by atoms with Gasteiger partial charge in [-0.05, 0) is 6.42 Å². The van der Waals surface area contributed by atoms with E-state index in [2.05, 4.69) is 13.5 Å². The lowest BCUT2D eigenvalue weighted by Gasteiger charge is -2.01.